The van der Waals surface area contributed by atoms with Crippen LogP contribution in [0.5, 0.6) is 0 Å². The zero-order valence-corrected chi connectivity index (χ0v) is 10.2. The average Bonchev–Trinajstić information content (AvgIpc) is 2.15. The van der Waals surface area contributed by atoms with Crippen LogP contribution >= 0.6 is 15.9 Å². The van der Waals surface area contributed by atoms with Crippen LogP contribution in [0.4, 0.5) is 0 Å². The molecule has 0 bridgehead atoms. The molecular weight excluding hydrogens is 254 g/mol. The molecule has 2 rings (SSSR count). The topological polar surface area (TPSA) is 33.1 Å². The SMILES string of the molecule is CC(C)(O)c1nccc2cc(Br)ccc12. The predicted molar refractivity (Wildman–Crippen MR) is 64.7 cm³/mol. The maximum Gasteiger partial charge on any atom is 0.102 e. The Morgan fingerprint density at radius 2 is 2.00 bits per heavy atom. The summed E-state index contributed by atoms with van der Waals surface area (Å²) in [7, 11) is 0. The summed E-state index contributed by atoms with van der Waals surface area (Å²) in [4.78, 5) is 4.24. The van der Waals surface area contributed by atoms with Gasteiger partial charge in [0.15, 0.2) is 0 Å². The van der Waals surface area contributed by atoms with Crippen molar-refractivity contribution in [2.45, 2.75) is 19.4 Å². The minimum absolute atomic E-state index is 0.715. The lowest BCUT2D eigenvalue weighted by molar-refractivity contribution is 0.0756. The molecule has 0 radical (unpaired) electrons. The summed E-state index contributed by atoms with van der Waals surface area (Å²) in [6.07, 6.45) is 1.72. The number of benzene rings is 1. The summed E-state index contributed by atoms with van der Waals surface area (Å²) < 4.78 is 1.03. The van der Waals surface area contributed by atoms with Gasteiger partial charge in [0.2, 0.25) is 0 Å². The van der Waals surface area contributed by atoms with Gasteiger partial charge < -0.3 is 5.11 Å². The molecule has 0 spiro atoms. The normalized spacial score (nSPS) is 12.0. The second kappa shape index (κ2) is 3.58. The Bertz CT molecular complexity index is 502. The monoisotopic (exact) mass is 265 g/mol. The molecule has 0 aliphatic carbocycles. The van der Waals surface area contributed by atoms with Crippen molar-refractivity contribution in [1.82, 2.24) is 4.98 Å². The summed E-state index contributed by atoms with van der Waals surface area (Å²) in [5.41, 5.74) is -0.194. The molecule has 0 saturated carbocycles. The third kappa shape index (κ3) is 2.03. The highest BCUT2D eigenvalue weighted by molar-refractivity contribution is 9.10. The predicted octanol–water partition coefficient (Wildman–Crippen LogP) is 3.22. The molecule has 0 aliphatic rings. The number of hydrogen-bond acceptors (Lipinski definition) is 2. The Balaban J connectivity index is 2.77. The van der Waals surface area contributed by atoms with Crippen LogP contribution in [0.1, 0.15) is 19.5 Å². The number of nitrogens with zero attached hydrogens (tertiary/aromatic N) is 1. The number of fused-ring (bicyclic) bond motifs is 1. The molecule has 3 heteroatoms. The first kappa shape index (κ1) is 10.6. The molecule has 78 valence electrons. The lowest BCUT2D eigenvalue weighted by Crippen LogP contribution is -2.17. The van der Waals surface area contributed by atoms with Gasteiger partial charge in [0.25, 0.3) is 0 Å². The van der Waals surface area contributed by atoms with Crippen LogP contribution in [-0.2, 0) is 5.60 Å². The number of rotatable bonds is 1. The lowest BCUT2D eigenvalue weighted by atomic mass is 9.98. The van der Waals surface area contributed by atoms with Crippen molar-refractivity contribution in [3.8, 4) is 0 Å². The molecule has 0 fully saturated rings. The van der Waals surface area contributed by atoms with E-state index >= 15 is 0 Å². The average molecular weight is 266 g/mol. The molecule has 1 aromatic carbocycles. The van der Waals surface area contributed by atoms with E-state index < -0.39 is 5.60 Å². The second-order valence-electron chi connectivity index (χ2n) is 4.08. The van der Waals surface area contributed by atoms with Gasteiger partial charge in [-0.2, -0.15) is 0 Å². The van der Waals surface area contributed by atoms with E-state index in [2.05, 4.69) is 20.9 Å². The van der Waals surface area contributed by atoms with E-state index in [1.54, 1.807) is 20.0 Å². The molecule has 15 heavy (non-hydrogen) atoms. The van der Waals surface area contributed by atoms with Crippen LogP contribution in [0.15, 0.2) is 34.9 Å². The van der Waals surface area contributed by atoms with E-state index in [4.69, 9.17) is 0 Å². The van der Waals surface area contributed by atoms with E-state index in [9.17, 15) is 5.11 Å². The summed E-state index contributed by atoms with van der Waals surface area (Å²) in [5.74, 6) is 0. The quantitative estimate of drug-likeness (QED) is 0.859. The summed E-state index contributed by atoms with van der Waals surface area (Å²) in [5, 5.41) is 12.1. The summed E-state index contributed by atoms with van der Waals surface area (Å²) >= 11 is 3.42. The van der Waals surface area contributed by atoms with Gasteiger partial charge in [-0.3, -0.25) is 4.98 Å². The van der Waals surface area contributed by atoms with Gasteiger partial charge in [0, 0.05) is 16.1 Å². The minimum Gasteiger partial charge on any atom is -0.384 e. The molecule has 0 amide bonds. The van der Waals surface area contributed by atoms with Crippen molar-refractivity contribution in [1.29, 1.82) is 0 Å². The Kier molecular flexibility index (Phi) is 2.52. The van der Waals surface area contributed by atoms with Gasteiger partial charge in [0.1, 0.15) is 5.60 Å². The van der Waals surface area contributed by atoms with Crippen molar-refractivity contribution >= 4 is 26.7 Å². The Labute approximate surface area is 97.1 Å². The largest absolute Gasteiger partial charge is 0.384 e. The Hall–Kier alpha value is -0.930. The molecule has 0 unspecified atom stereocenters. The highest BCUT2D eigenvalue weighted by Gasteiger charge is 2.20. The molecular formula is C12H12BrNO. The van der Waals surface area contributed by atoms with Crippen LogP contribution in [0, 0.1) is 0 Å². The van der Waals surface area contributed by atoms with E-state index in [1.165, 1.54) is 0 Å². The first-order chi connectivity index (χ1) is 6.98. The van der Waals surface area contributed by atoms with Crippen LogP contribution in [0.25, 0.3) is 10.8 Å². The smallest absolute Gasteiger partial charge is 0.102 e. The van der Waals surface area contributed by atoms with Crippen LogP contribution in [0.2, 0.25) is 0 Å². The van der Waals surface area contributed by atoms with Gasteiger partial charge >= 0.3 is 0 Å². The second-order valence-corrected chi connectivity index (χ2v) is 5.00. The molecule has 1 heterocycles. The number of hydrogen-bond donors (Lipinski definition) is 1. The fourth-order valence-electron chi connectivity index (χ4n) is 1.64. The molecule has 2 nitrogen and oxygen atoms in total. The molecule has 2 aromatic rings. The van der Waals surface area contributed by atoms with Crippen LogP contribution < -0.4 is 0 Å². The standard InChI is InChI=1S/C12H12BrNO/c1-12(2,15)11-10-4-3-9(13)7-8(10)5-6-14-11/h3-7,15H,1-2H3. The molecule has 0 aliphatic heterocycles. The van der Waals surface area contributed by atoms with E-state index in [0.717, 1.165) is 15.2 Å². The Morgan fingerprint density at radius 1 is 1.27 bits per heavy atom. The van der Waals surface area contributed by atoms with Gasteiger partial charge in [-0.15, -0.1) is 0 Å². The van der Waals surface area contributed by atoms with Gasteiger partial charge in [0.05, 0.1) is 5.69 Å². The zero-order valence-electron chi connectivity index (χ0n) is 8.66. The van der Waals surface area contributed by atoms with Crippen molar-refractivity contribution in [2.24, 2.45) is 0 Å². The molecule has 0 saturated heterocycles. The maximum atomic E-state index is 9.98. The summed E-state index contributed by atoms with van der Waals surface area (Å²) in [6.45, 7) is 3.49. The lowest BCUT2D eigenvalue weighted by Gasteiger charge is -2.18. The molecule has 1 aromatic heterocycles. The van der Waals surface area contributed by atoms with E-state index in [0.29, 0.717) is 5.69 Å². The fraction of sp³-hybridized carbons (Fsp3) is 0.250. The third-order valence-corrected chi connectivity index (χ3v) is 2.80. The first-order valence-electron chi connectivity index (χ1n) is 4.75. The van der Waals surface area contributed by atoms with E-state index in [1.807, 2.05) is 24.3 Å². The van der Waals surface area contributed by atoms with Crippen molar-refractivity contribution in [3.63, 3.8) is 0 Å². The number of aliphatic hydroxyl groups is 1. The Morgan fingerprint density at radius 3 is 2.67 bits per heavy atom. The van der Waals surface area contributed by atoms with Crippen LogP contribution in [0.3, 0.4) is 0 Å². The van der Waals surface area contributed by atoms with Crippen molar-refractivity contribution in [3.05, 3.63) is 40.6 Å². The van der Waals surface area contributed by atoms with Crippen LogP contribution in [-0.4, -0.2) is 10.1 Å². The maximum absolute atomic E-state index is 9.98. The van der Waals surface area contributed by atoms with E-state index in [-0.39, 0.29) is 0 Å². The highest BCUT2D eigenvalue weighted by Crippen LogP contribution is 2.27. The van der Waals surface area contributed by atoms with Crippen molar-refractivity contribution < 1.29 is 5.11 Å². The fourth-order valence-corrected chi connectivity index (χ4v) is 2.02. The highest BCUT2D eigenvalue weighted by atomic mass is 79.9. The third-order valence-electron chi connectivity index (χ3n) is 2.31. The zero-order chi connectivity index (χ0) is 11.1. The first-order valence-corrected chi connectivity index (χ1v) is 5.55. The van der Waals surface area contributed by atoms with Gasteiger partial charge in [-0.05, 0) is 37.4 Å². The van der Waals surface area contributed by atoms with Gasteiger partial charge in [-0.25, -0.2) is 0 Å². The van der Waals surface area contributed by atoms with Gasteiger partial charge in [-0.1, -0.05) is 22.0 Å². The summed E-state index contributed by atoms with van der Waals surface area (Å²) in [6, 6.07) is 7.89. The molecule has 1 N–H and O–H groups in total. The number of halogens is 1. The minimum atomic E-state index is -0.909. The van der Waals surface area contributed by atoms with Crippen molar-refractivity contribution in [2.75, 3.05) is 0 Å². The number of aromatic nitrogens is 1. The molecule has 0 atom stereocenters. The number of pyridine rings is 1.